The lowest BCUT2D eigenvalue weighted by atomic mass is 10.2. The van der Waals surface area contributed by atoms with E-state index in [1.54, 1.807) is 24.3 Å². The molecule has 5 nitrogen and oxygen atoms in total. The van der Waals surface area contributed by atoms with Crippen molar-refractivity contribution in [3.05, 3.63) is 35.9 Å². The third kappa shape index (κ3) is 5.65. The van der Waals surface area contributed by atoms with Crippen molar-refractivity contribution in [2.24, 2.45) is 0 Å². The van der Waals surface area contributed by atoms with Gasteiger partial charge in [0.25, 0.3) is 5.91 Å². The van der Waals surface area contributed by atoms with E-state index in [9.17, 15) is 9.59 Å². The van der Waals surface area contributed by atoms with E-state index in [2.05, 4.69) is 16.0 Å². The maximum absolute atomic E-state index is 11.6. The highest BCUT2D eigenvalue weighted by Gasteiger charge is 2.03. The van der Waals surface area contributed by atoms with E-state index in [1.807, 2.05) is 6.07 Å². The Morgan fingerprint density at radius 2 is 1.72 bits per heavy atom. The van der Waals surface area contributed by atoms with Gasteiger partial charge in [0, 0.05) is 18.7 Å². The number of hydrogen-bond acceptors (Lipinski definition) is 3. The van der Waals surface area contributed by atoms with Crippen molar-refractivity contribution in [2.45, 2.75) is 0 Å². The summed E-state index contributed by atoms with van der Waals surface area (Å²) in [4.78, 5) is 22.8. The summed E-state index contributed by atoms with van der Waals surface area (Å²) >= 11 is 5.37. The zero-order chi connectivity index (χ0) is 13.2. The van der Waals surface area contributed by atoms with Gasteiger partial charge >= 0.3 is 0 Å². The van der Waals surface area contributed by atoms with Crippen LogP contribution in [0.5, 0.6) is 0 Å². The van der Waals surface area contributed by atoms with Gasteiger partial charge in [0.05, 0.1) is 12.5 Å². The maximum Gasteiger partial charge on any atom is 0.251 e. The van der Waals surface area contributed by atoms with Crippen LogP contribution in [0.25, 0.3) is 0 Å². The summed E-state index contributed by atoms with van der Waals surface area (Å²) in [6, 6.07) is 9.15. The summed E-state index contributed by atoms with van der Waals surface area (Å²) in [6.07, 6.45) is 0. The van der Waals surface area contributed by atoms with Gasteiger partial charge in [-0.2, -0.15) is 0 Å². The zero-order valence-corrected chi connectivity index (χ0v) is 10.7. The lowest BCUT2D eigenvalue weighted by Crippen LogP contribution is -2.38. The number of rotatable bonds is 7. The van der Waals surface area contributed by atoms with Crippen LogP contribution in [0.3, 0.4) is 0 Å². The molecule has 0 unspecified atom stereocenters. The van der Waals surface area contributed by atoms with Gasteiger partial charge in [-0.1, -0.05) is 18.2 Å². The predicted octanol–water partition coefficient (Wildman–Crippen LogP) is 0.319. The number of carbonyl (C=O) groups is 2. The van der Waals surface area contributed by atoms with E-state index in [1.165, 1.54) is 0 Å². The van der Waals surface area contributed by atoms with Gasteiger partial charge < -0.3 is 10.6 Å². The number of carbonyl (C=O) groups excluding carboxylic acids is 2. The first-order valence-corrected chi connectivity index (χ1v) is 6.14. The normalized spacial score (nSPS) is 9.83. The second-order valence-corrected chi connectivity index (χ2v) is 3.80. The highest BCUT2D eigenvalue weighted by Crippen LogP contribution is 1.96. The molecule has 0 fully saturated rings. The summed E-state index contributed by atoms with van der Waals surface area (Å²) in [7, 11) is 0. The summed E-state index contributed by atoms with van der Waals surface area (Å²) in [5, 5.41) is 8.05. The smallest absolute Gasteiger partial charge is 0.251 e. The fourth-order valence-electron chi connectivity index (χ4n) is 1.29. The Hall–Kier alpha value is -1.59. The molecule has 6 heteroatoms. The van der Waals surface area contributed by atoms with Crippen molar-refractivity contribution in [3.63, 3.8) is 0 Å². The Bertz CT molecular complexity index is 384. The summed E-state index contributed by atoms with van der Waals surface area (Å²) in [5.41, 5.74) is 0.604. The monoisotopic (exact) mass is 269 g/mol. The second-order valence-electron chi connectivity index (χ2n) is 3.53. The zero-order valence-electron chi connectivity index (χ0n) is 9.91. The largest absolute Gasteiger partial charge is 0.353 e. The molecular weight excluding hydrogens is 254 g/mol. The SMILES string of the molecule is O=C(CNCCl)NCCNC(=O)c1ccccc1. The summed E-state index contributed by atoms with van der Waals surface area (Å²) in [6.45, 7) is 0.956. The number of halogens is 1. The Morgan fingerprint density at radius 3 is 2.39 bits per heavy atom. The molecule has 0 spiro atoms. The molecule has 0 aliphatic carbocycles. The van der Waals surface area contributed by atoms with Crippen LogP contribution in [-0.2, 0) is 4.79 Å². The van der Waals surface area contributed by atoms with Crippen LogP contribution < -0.4 is 16.0 Å². The molecule has 0 aliphatic rings. The highest BCUT2D eigenvalue weighted by atomic mass is 35.5. The summed E-state index contributed by atoms with van der Waals surface area (Å²) in [5.74, 6) is -0.298. The van der Waals surface area contributed by atoms with Crippen LogP contribution in [0.1, 0.15) is 10.4 Å². The van der Waals surface area contributed by atoms with Crippen LogP contribution in [0, 0.1) is 0 Å². The van der Waals surface area contributed by atoms with E-state index >= 15 is 0 Å². The molecule has 0 aliphatic heterocycles. The van der Waals surface area contributed by atoms with E-state index in [-0.39, 0.29) is 24.4 Å². The van der Waals surface area contributed by atoms with E-state index in [4.69, 9.17) is 11.6 Å². The van der Waals surface area contributed by atoms with E-state index < -0.39 is 0 Å². The number of amides is 2. The Labute approximate surface area is 111 Å². The molecule has 2 amide bonds. The minimum absolute atomic E-state index is 0.149. The Morgan fingerprint density at radius 1 is 1.06 bits per heavy atom. The van der Waals surface area contributed by atoms with Crippen molar-refractivity contribution < 1.29 is 9.59 Å². The molecule has 98 valence electrons. The minimum Gasteiger partial charge on any atom is -0.353 e. The molecule has 3 N–H and O–H groups in total. The van der Waals surface area contributed by atoms with Crippen LogP contribution in [0.15, 0.2) is 30.3 Å². The van der Waals surface area contributed by atoms with E-state index in [0.717, 1.165) is 0 Å². The number of nitrogens with one attached hydrogen (secondary N) is 3. The van der Waals surface area contributed by atoms with Gasteiger partial charge in [-0.15, -0.1) is 11.6 Å². The quantitative estimate of drug-likeness (QED) is 0.379. The molecule has 0 atom stereocenters. The lowest BCUT2D eigenvalue weighted by Gasteiger charge is -2.07. The average Bonchev–Trinajstić information content (AvgIpc) is 2.42. The third-order valence-corrected chi connectivity index (χ3v) is 2.34. The molecular formula is C12H16ClN3O2. The van der Waals surface area contributed by atoms with Gasteiger partial charge in [0.2, 0.25) is 5.91 Å². The first-order valence-electron chi connectivity index (χ1n) is 5.60. The lowest BCUT2D eigenvalue weighted by molar-refractivity contribution is -0.120. The van der Waals surface area contributed by atoms with Crippen molar-refractivity contribution >= 4 is 23.4 Å². The van der Waals surface area contributed by atoms with Crippen LogP contribution >= 0.6 is 11.6 Å². The van der Waals surface area contributed by atoms with Gasteiger partial charge in [-0.25, -0.2) is 0 Å². The molecule has 1 aromatic carbocycles. The second kappa shape index (κ2) is 8.49. The fourth-order valence-corrected chi connectivity index (χ4v) is 1.39. The molecule has 0 bridgehead atoms. The Kier molecular flexibility index (Phi) is 6.83. The van der Waals surface area contributed by atoms with Gasteiger partial charge in [0.1, 0.15) is 0 Å². The number of hydrogen-bond donors (Lipinski definition) is 3. The minimum atomic E-state index is -0.149. The van der Waals surface area contributed by atoms with Crippen molar-refractivity contribution in [1.29, 1.82) is 0 Å². The van der Waals surface area contributed by atoms with Gasteiger partial charge in [0.15, 0.2) is 0 Å². The molecule has 1 rings (SSSR count). The first kappa shape index (κ1) is 14.5. The predicted molar refractivity (Wildman–Crippen MR) is 70.5 cm³/mol. The van der Waals surface area contributed by atoms with Crippen molar-refractivity contribution in [3.8, 4) is 0 Å². The molecule has 0 saturated carbocycles. The highest BCUT2D eigenvalue weighted by molar-refractivity contribution is 6.17. The summed E-state index contributed by atoms with van der Waals surface area (Å²) < 4.78 is 0. The molecule has 0 heterocycles. The van der Waals surface area contributed by atoms with Gasteiger partial charge in [-0.3, -0.25) is 14.9 Å². The standard InChI is InChI=1S/C12H16ClN3O2/c13-9-14-8-11(17)15-6-7-16-12(18)10-4-2-1-3-5-10/h1-5,14H,6-9H2,(H,15,17)(H,16,18). The van der Waals surface area contributed by atoms with Crippen molar-refractivity contribution in [2.75, 3.05) is 25.6 Å². The maximum atomic E-state index is 11.6. The number of benzene rings is 1. The van der Waals surface area contributed by atoms with Gasteiger partial charge in [-0.05, 0) is 12.1 Å². The molecule has 0 radical (unpaired) electrons. The molecule has 18 heavy (non-hydrogen) atoms. The fraction of sp³-hybridized carbons (Fsp3) is 0.333. The third-order valence-electron chi connectivity index (χ3n) is 2.15. The van der Waals surface area contributed by atoms with Crippen LogP contribution in [0.4, 0.5) is 0 Å². The van der Waals surface area contributed by atoms with Crippen LogP contribution in [-0.4, -0.2) is 37.5 Å². The molecule has 0 saturated heterocycles. The number of alkyl halides is 1. The Balaban J connectivity index is 2.15. The molecule has 1 aromatic rings. The average molecular weight is 270 g/mol. The first-order chi connectivity index (χ1) is 8.74. The topological polar surface area (TPSA) is 70.2 Å². The molecule has 0 aromatic heterocycles. The van der Waals surface area contributed by atoms with Crippen LogP contribution in [0.2, 0.25) is 0 Å². The van der Waals surface area contributed by atoms with Crippen molar-refractivity contribution in [1.82, 2.24) is 16.0 Å². The van der Waals surface area contributed by atoms with E-state index in [0.29, 0.717) is 18.7 Å².